The van der Waals surface area contributed by atoms with Gasteiger partial charge in [0.05, 0.1) is 6.04 Å². The predicted octanol–water partition coefficient (Wildman–Crippen LogP) is 0.814. The normalized spacial score (nSPS) is 28.6. The van der Waals surface area contributed by atoms with Gasteiger partial charge in [-0.05, 0) is 56.1 Å². The number of carbonyl (C=O) groups is 2. The van der Waals surface area contributed by atoms with E-state index < -0.39 is 28.5 Å². The number of urea groups is 1. The van der Waals surface area contributed by atoms with Crippen LogP contribution in [0.4, 0.5) is 4.79 Å². The Morgan fingerprint density at radius 2 is 1.76 bits per heavy atom. The summed E-state index contributed by atoms with van der Waals surface area (Å²) in [6, 6.07) is 4.88. The van der Waals surface area contributed by atoms with Crippen LogP contribution in [0.15, 0.2) is 30.6 Å². The zero-order chi connectivity index (χ0) is 23.2. The van der Waals surface area contributed by atoms with Crippen LogP contribution in [0.1, 0.15) is 38.5 Å². The van der Waals surface area contributed by atoms with Crippen LogP contribution >= 0.6 is 0 Å². The fraction of sp³-hybridized carbons (Fsp3) is 0.667. The minimum absolute atomic E-state index is 0.152. The Morgan fingerprint density at radius 1 is 1.09 bits per heavy atom. The molecule has 180 valence electrons. The van der Waals surface area contributed by atoms with Gasteiger partial charge in [0.25, 0.3) is 0 Å². The van der Waals surface area contributed by atoms with Gasteiger partial charge in [0, 0.05) is 44.1 Å². The summed E-state index contributed by atoms with van der Waals surface area (Å²) in [6.07, 6.45) is 9.01. The minimum atomic E-state index is -4.77. The maximum atomic E-state index is 12.7. The van der Waals surface area contributed by atoms with Gasteiger partial charge in [-0.15, -0.1) is 4.28 Å². The molecular formula is C21H29N5O6S. The topological polar surface area (TPSA) is 132 Å². The van der Waals surface area contributed by atoms with E-state index in [0.717, 1.165) is 32.0 Å². The van der Waals surface area contributed by atoms with Crippen LogP contribution in [0, 0.1) is 5.41 Å². The quantitative estimate of drug-likeness (QED) is 0.593. The SMILES string of the molecule is O=C(NC1CC2(C1)CN(C1CC1)C2)[C@@H]1CC[C@@H]2CN1C(=O)N2OS(=O)(=O)O.c1ccncc1. The Morgan fingerprint density at radius 3 is 2.30 bits per heavy atom. The maximum absolute atomic E-state index is 12.7. The molecule has 2 atom stereocenters. The predicted molar refractivity (Wildman–Crippen MR) is 116 cm³/mol. The van der Waals surface area contributed by atoms with Crippen LogP contribution in [-0.2, 0) is 19.5 Å². The van der Waals surface area contributed by atoms with E-state index in [1.165, 1.54) is 17.7 Å². The summed E-state index contributed by atoms with van der Waals surface area (Å²) in [7, 11) is -4.77. The number of hydrogen-bond acceptors (Lipinski definition) is 7. The van der Waals surface area contributed by atoms with E-state index in [4.69, 9.17) is 4.55 Å². The number of carbonyl (C=O) groups excluding carboxylic acids is 2. The van der Waals surface area contributed by atoms with Gasteiger partial charge in [-0.2, -0.15) is 13.5 Å². The van der Waals surface area contributed by atoms with Gasteiger partial charge in [-0.1, -0.05) is 6.07 Å². The minimum Gasteiger partial charge on any atom is -0.352 e. The van der Waals surface area contributed by atoms with Crippen molar-refractivity contribution in [3.05, 3.63) is 30.6 Å². The smallest absolute Gasteiger partial charge is 0.352 e. The molecule has 33 heavy (non-hydrogen) atoms. The summed E-state index contributed by atoms with van der Waals surface area (Å²) in [6.45, 7) is 2.50. The average molecular weight is 480 g/mol. The second-order valence-electron chi connectivity index (χ2n) is 9.78. The average Bonchev–Trinajstić information content (AvgIpc) is 3.54. The monoisotopic (exact) mass is 479 g/mol. The number of nitrogens with one attached hydrogen (secondary N) is 1. The van der Waals surface area contributed by atoms with E-state index in [1.807, 2.05) is 18.2 Å². The summed E-state index contributed by atoms with van der Waals surface area (Å²) in [4.78, 5) is 32.7. The maximum Gasteiger partial charge on any atom is 0.418 e. The van der Waals surface area contributed by atoms with Crippen molar-refractivity contribution in [2.75, 3.05) is 19.6 Å². The standard InChI is InChI=1S/C16H24N4O6S.C5H5N/c21-14(17-10-5-16(6-10)8-18(9-16)11-1-2-11)13-4-3-12-7-19(13)15(22)20(12)26-27(23,24)25;1-2-4-6-5-3-1/h10-13H,1-9H2,(H,17,21)(H,23,24,25);1-5H/t12-,13+;/m1./s1. The van der Waals surface area contributed by atoms with Crippen molar-refractivity contribution >= 4 is 22.3 Å². The van der Waals surface area contributed by atoms with Crippen molar-refractivity contribution in [2.45, 2.75) is 62.7 Å². The van der Waals surface area contributed by atoms with Gasteiger partial charge in [-0.3, -0.25) is 19.2 Å². The van der Waals surface area contributed by atoms with E-state index in [-0.39, 0.29) is 18.5 Å². The molecule has 0 unspecified atom stereocenters. The number of piperidine rings is 1. The van der Waals surface area contributed by atoms with Crippen LogP contribution in [-0.4, -0.2) is 88.6 Å². The second-order valence-corrected chi connectivity index (χ2v) is 10.8. The lowest BCUT2D eigenvalue weighted by molar-refractivity contribution is -0.132. The molecule has 3 aliphatic heterocycles. The first kappa shape index (κ1) is 22.5. The summed E-state index contributed by atoms with van der Waals surface area (Å²) in [5, 5.41) is 3.73. The molecule has 1 aromatic heterocycles. The molecule has 4 heterocycles. The van der Waals surface area contributed by atoms with Crippen molar-refractivity contribution in [3.63, 3.8) is 0 Å². The number of likely N-dealkylation sites (tertiary alicyclic amines) is 1. The molecule has 2 aliphatic carbocycles. The number of aromatic nitrogens is 1. The molecule has 6 rings (SSSR count). The molecule has 5 aliphatic rings. The van der Waals surface area contributed by atoms with Crippen LogP contribution < -0.4 is 5.32 Å². The molecule has 0 radical (unpaired) electrons. The highest BCUT2D eigenvalue weighted by Gasteiger charge is 2.56. The highest BCUT2D eigenvalue weighted by Crippen LogP contribution is 2.51. The lowest BCUT2D eigenvalue weighted by atomic mass is 9.60. The molecule has 0 aromatic carbocycles. The molecule has 5 fully saturated rings. The Labute approximate surface area is 193 Å². The molecule has 12 heteroatoms. The molecule has 2 saturated carbocycles. The van der Waals surface area contributed by atoms with E-state index >= 15 is 0 Å². The molecule has 1 spiro atoms. The fourth-order valence-corrected chi connectivity index (χ4v) is 5.96. The van der Waals surface area contributed by atoms with Crippen LogP contribution in [0.25, 0.3) is 0 Å². The first-order valence-corrected chi connectivity index (χ1v) is 12.8. The number of pyridine rings is 1. The number of fused-ring (bicyclic) bond motifs is 2. The van der Waals surface area contributed by atoms with Gasteiger partial charge < -0.3 is 10.2 Å². The van der Waals surface area contributed by atoms with Gasteiger partial charge in [0.1, 0.15) is 6.04 Å². The van der Waals surface area contributed by atoms with Crippen molar-refractivity contribution in [2.24, 2.45) is 5.41 Å². The first-order chi connectivity index (χ1) is 15.7. The molecule has 2 bridgehead atoms. The summed E-state index contributed by atoms with van der Waals surface area (Å²) in [5.41, 5.74) is 0.377. The highest BCUT2D eigenvalue weighted by atomic mass is 32.3. The second kappa shape index (κ2) is 8.49. The zero-order valence-electron chi connectivity index (χ0n) is 18.2. The van der Waals surface area contributed by atoms with Gasteiger partial charge >= 0.3 is 16.4 Å². The van der Waals surface area contributed by atoms with E-state index in [0.29, 0.717) is 23.3 Å². The Kier molecular flexibility index (Phi) is 5.79. The third-order valence-corrected chi connectivity index (χ3v) is 7.56. The first-order valence-electron chi connectivity index (χ1n) is 11.4. The molecular weight excluding hydrogens is 450 g/mol. The van der Waals surface area contributed by atoms with Crippen LogP contribution in [0.2, 0.25) is 0 Å². The largest absolute Gasteiger partial charge is 0.418 e. The Hall–Kier alpha value is -2.28. The number of amides is 3. The van der Waals surface area contributed by atoms with Gasteiger partial charge in [0.15, 0.2) is 0 Å². The number of rotatable bonds is 5. The number of nitrogens with zero attached hydrogens (tertiary/aromatic N) is 4. The van der Waals surface area contributed by atoms with Gasteiger partial charge in [-0.25, -0.2) is 4.79 Å². The van der Waals surface area contributed by atoms with Crippen molar-refractivity contribution in [1.29, 1.82) is 0 Å². The Bertz CT molecular complexity index is 963. The molecule has 3 amide bonds. The van der Waals surface area contributed by atoms with Crippen molar-refractivity contribution in [1.82, 2.24) is 25.2 Å². The third-order valence-electron chi connectivity index (χ3n) is 7.21. The number of hydrogen-bond donors (Lipinski definition) is 2. The van der Waals surface area contributed by atoms with E-state index in [2.05, 4.69) is 19.5 Å². The van der Waals surface area contributed by atoms with Crippen LogP contribution in [0.3, 0.4) is 0 Å². The Balaban J connectivity index is 0.000000332. The third kappa shape index (κ3) is 4.84. The molecule has 11 nitrogen and oxygen atoms in total. The zero-order valence-corrected chi connectivity index (χ0v) is 19.1. The van der Waals surface area contributed by atoms with Crippen molar-refractivity contribution in [3.8, 4) is 0 Å². The van der Waals surface area contributed by atoms with Crippen molar-refractivity contribution < 1.29 is 26.8 Å². The lowest BCUT2D eigenvalue weighted by Gasteiger charge is -2.59. The van der Waals surface area contributed by atoms with Gasteiger partial charge in [0.2, 0.25) is 5.91 Å². The summed E-state index contributed by atoms with van der Waals surface area (Å²) in [5.74, 6) is -0.186. The highest BCUT2D eigenvalue weighted by molar-refractivity contribution is 7.80. The molecule has 2 N–H and O–H groups in total. The fourth-order valence-electron chi connectivity index (χ4n) is 5.57. The summed E-state index contributed by atoms with van der Waals surface area (Å²) >= 11 is 0. The molecule has 1 aromatic rings. The summed E-state index contributed by atoms with van der Waals surface area (Å²) < 4.78 is 35.1. The number of hydroxylamine groups is 2. The lowest BCUT2D eigenvalue weighted by Crippen LogP contribution is -2.67. The van der Waals surface area contributed by atoms with E-state index in [9.17, 15) is 18.0 Å². The van der Waals surface area contributed by atoms with Crippen LogP contribution in [0.5, 0.6) is 0 Å². The molecule has 3 saturated heterocycles. The van der Waals surface area contributed by atoms with E-state index in [1.54, 1.807) is 12.4 Å².